The summed E-state index contributed by atoms with van der Waals surface area (Å²) in [5.41, 5.74) is 9.64. The molecule has 0 radical (unpaired) electrons. The van der Waals surface area contributed by atoms with Crippen LogP contribution < -0.4 is 0 Å². The normalized spacial score (nSPS) is 18.0. The quantitative estimate of drug-likeness (QED) is 0.143. The van der Waals surface area contributed by atoms with Gasteiger partial charge in [-0.15, -0.1) is 0 Å². The number of fused-ring (bicyclic) bond motifs is 2. The first-order chi connectivity index (χ1) is 22.0. The van der Waals surface area contributed by atoms with Crippen molar-refractivity contribution in [3.63, 3.8) is 0 Å². The Morgan fingerprint density at radius 2 is 0.851 bits per heavy atom. The van der Waals surface area contributed by atoms with E-state index in [0.717, 1.165) is 57.6 Å². The third-order valence-corrected chi connectivity index (χ3v) is 14.3. The number of allylic oxidation sites excluding steroid dienone is 2. The minimum atomic E-state index is -4.39. The third kappa shape index (κ3) is 5.81. The molecule has 0 spiro atoms. The molecule has 0 N–H and O–H groups in total. The fraction of sp³-hybridized carbons (Fsp3) is 0.300. The Labute approximate surface area is 273 Å². The maximum Gasteiger partial charge on any atom is 0.416 e. The fourth-order valence-electron chi connectivity index (χ4n) is 7.86. The Balaban J connectivity index is 1.46. The van der Waals surface area contributed by atoms with E-state index in [-0.39, 0.29) is 22.9 Å². The van der Waals surface area contributed by atoms with Crippen molar-refractivity contribution in [2.75, 3.05) is 0 Å². The van der Waals surface area contributed by atoms with Gasteiger partial charge in [-0.2, -0.15) is 26.3 Å². The lowest BCUT2D eigenvalue weighted by atomic mass is 9.96. The lowest BCUT2D eigenvalue weighted by molar-refractivity contribution is -0.138. The van der Waals surface area contributed by atoms with Gasteiger partial charge in [0.25, 0.3) is 0 Å². The molecule has 0 fully saturated rings. The topological polar surface area (TPSA) is 0 Å². The second kappa shape index (κ2) is 11.7. The first-order valence-electron chi connectivity index (χ1n) is 16.0. The molecule has 244 valence electrons. The molecule has 2 aliphatic carbocycles. The minimum Gasteiger partial charge on any atom is -0.166 e. The summed E-state index contributed by atoms with van der Waals surface area (Å²) in [7, 11) is -2.34. The average molecular weight is 661 g/mol. The predicted octanol–water partition coefficient (Wildman–Crippen LogP) is 12.8. The van der Waals surface area contributed by atoms with Crippen LogP contribution in [0.25, 0.3) is 34.4 Å². The number of halogens is 6. The highest BCUT2D eigenvalue weighted by atomic mass is 28.3. The fourth-order valence-corrected chi connectivity index (χ4v) is 12.9. The predicted molar refractivity (Wildman–Crippen MR) is 182 cm³/mol. The molecule has 4 aromatic rings. The molecular formula is C40H38F6Si. The van der Waals surface area contributed by atoms with Crippen LogP contribution in [0, 0.1) is 11.8 Å². The van der Waals surface area contributed by atoms with Gasteiger partial charge in [0.05, 0.1) is 19.2 Å². The molecule has 0 bridgehead atoms. The van der Waals surface area contributed by atoms with E-state index >= 15 is 0 Å². The highest BCUT2D eigenvalue weighted by Crippen LogP contribution is 2.56. The van der Waals surface area contributed by atoms with Crippen LogP contribution >= 0.6 is 0 Å². The maximum absolute atomic E-state index is 13.3. The smallest absolute Gasteiger partial charge is 0.166 e. The zero-order valence-electron chi connectivity index (χ0n) is 27.3. The largest absolute Gasteiger partial charge is 0.416 e. The molecule has 0 aliphatic heterocycles. The first kappa shape index (κ1) is 33.1. The molecule has 0 nitrogen and oxygen atoms in total. The second-order valence-electron chi connectivity index (χ2n) is 14.1. The van der Waals surface area contributed by atoms with Gasteiger partial charge in [-0.25, -0.2) is 0 Å². The average Bonchev–Trinajstić information content (AvgIpc) is 3.61. The van der Waals surface area contributed by atoms with E-state index in [1.54, 1.807) is 24.3 Å². The first-order valence-corrected chi connectivity index (χ1v) is 19.2. The summed E-state index contributed by atoms with van der Waals surface area (Å²) in [5, 5.41) is 0. The van der Waals surface area contributed by atoms with E-state index in [1.165, 1.54) is 22.3 Å². The van der Waals surface area contributed by atoms with Crippen molar-refractivity contribution in [1.82, 2.24) is 0 Å². The van der Waals surface area contributed by atoms with Gasteiger partial charge in [0, 0.05) is 11.1 Å². The third-order valence-electron chi connectivity index (χ3n) is 10.1. The van der Waals surface area contributed by atoms with Crippen molar-refractivity contribution >= 4 is 20.2 Å². The number of rotatable bonds is 6. The molecule has 4 aromatic carbocycles. The van der Waals surface area contributed by atoms with Crippen molar-refractivity contribution in [3.8, 4) is 22.3 Å². The van der Waals surface area contributed by atoms with Crippen molar-refractivity contribution in [1.29, 1.82) is 0 Å². The molecule has 0 aromatic heterocycles. The SMILES string of the molecule is CC(C)C1=Cc2c(-c3ccc(C(F)(F)F)cc3)cccc2C1[Si](C)(C)C1C(C(C)C)=Cc2c(-c3ccc(C(F)(F)F)cc3)cccc21. The Morgan fingerprint density at radius 3 is 1.15 bits per heavy atom. The van der Waals surface area contributed by atoms with Crippen LogP contribution in [-0.2, 0) is 12.4 Å². The summed E-state index contributed by atoms with van der Waals surface area (Å²) in [6.07, 6.45) is -4.23. The molecular weight excluding hydrogens is 623 g/mol. The summed E-state index contributed by atoms with van der Waals surface area (Å²) in [6.45, 7) is 13.7. The minimum absolute atomic E-state index is 0.166. The van der Waals surface area contributed by atoms with Crippen LogP contribution in [0.4, 0.5) is 26.3 Å². The second-order valence-corrected chi connectivity index (χ2v) is 18.9. The van der Waals surface area contributed by atoms with E-state index in [9.17, 15) is 26.3 Å². The molecule has 2 atom stereocenters. The van der Waals surface area contributed by atoms with E-state index in [4.69, 9.17) is 0 Å². The Bertz CT molecular complexity index is 1730. The van der Waals surface area contributed by atoms with Crippen molar-refractivity contribution in [2.45, 2.75) is 64.2 Å². The lowest BCUT2D eigenvalue weighted by Crippen LogP contribution is -2.44. The summed E-state index contributed by atoms with van der Waals surface area (Å²) in [5.74, 6) is 0.510. The van der Waals surface area contributed by atoms with Crippen molar-refractivity contribution < 1.29 is 26.3 Å². The molecule has 0 saturated carbocycles. The van der Waals surface area contributed by atoms with E-state index in [0.29, 0.717) is 0 Å². The number of alkyl halides is 6. The highest BCUT2D eigenvalue weighted by molar-refractivity contribution is 6.81. The summed E-state index contributed by atoms with van der Waals surface area (Å²) >= 11 is 0. The van der Waals surface area contributed by atoms with Crippen LogP contribution in [0.3, 0.4) is 0 Å². The molecule has 0 heterocycles. The molecule has 47 heavy (non-hydrogen) atoms. The van der Waals surface area contributed by atoms with Crippen LogP contribution in [0.15, 0.2) is 96.1 Å². The van der Waals surface area contributed by atoms with Gasteiger partial charge in [0.15, 0.2) is 0 Å². The molecule has 7 heteroatoms. The number of hydrogen-bond donors (Lipinski definition) is 0. The monoisotopic (exact) mass is 660 g/mol. The van der Waals surface area contributed by atoms with Gasteiger partial charge in [0.2, 0.25) is 0 Å². The van der Waals surface area contributed by atoms with Crippen molar-refractivity contribution in [2.24, 2.45) is 11.8 Å². The Morgan fingerprint density at radius 1 is 0.511 bits per heavy atom. The Kier molecular flexibility index (Phi) is 8.23. The lowest BCUT2D eigenvalue weighted by Gasteiger charge is -2.41. The van der Waals surface area contributed by atoms with Crippen molar-refractivity contribution in [3.05, 3.63) is 129 Å². The standard InChI is InChI=1S/C40H38F6Si/c1-23(2)33-21-35-29(25-13-17-27(18-14-25)39(41,42)43)9-7-11-31(35)37(33)47(5,6)38-32-12-8-10-30(36(32)22-34(38)24(3)4)26-15-19-28(20-16-26)40(44,45)46/h7-24,37-38H,1-6H3. The van der Waals surface area contributed by atoms with Crippen LogP contribution in [0.1, 0.15) is 72.2 Å². The highest BCUT2D eigenvalue weighted by Gasteiger charge is 2.49. The zero-order valence-corrected chi connectivity index (χ0v) is 28.3. The van der Waals surface area contributed by atoms with Gasteiger partial charge in [0.1, 0.15) is 0 Å². The molecule has 0 saturated heterocycles. The molecule has 6 rings (SSSR count). The van der Waals surface area contributed by atoms with E-state index < -0.39 is 31.6 Å². The van der Waals surface area contributed by atoms with Gasteiger partial charge >= 0.3 is 12.4 Å². The Hall–Kier alpha value is -3.84. The van der Waals surface area contributed by atoms with Crippen LogP contribution in [-0.4, -0.2) is 8.07 Å². The summed E-state index contributed by atoms with van der Waals surface area (Å²) in [6, 6.07) is 23.2. The van der Waals surface area contributed by atoms with Gasteiger partial charge in [-0.05, 0) is 80.6 Å². The molecule has 2 unspecified atom stereocenters. The summed E-state index contributed by atoms with van der Waals surface area (Å²) < 4.78 is 80.0. The van der Waals surface area contributed by atoms with Crippen LogP contribution in [0.5, 0.6) is 0 Å². The van der Waals surface area contributed by atoms with E-state index in [2.05, 4.69) is 65.1 Å². The maximum atomic E-state index is 13.3. The summed E-state index contributed by atoms with van der Waals surface area (Å²) in [4.78, 5) is 0. The molecule has 0 amide bonds. The van der Waals surface area contributed by atoms with Gasteiger partial charge in [-0.3, -0.25) is 0 Å². The van der Waals surface area contributed by atoms with Gasteiger partial charge in [-0.1, -0.05) is 125 Å². The van der Waals surface area contributed by atoms with Gasteiger partial charge < -0.3 is 0 Å². The number of benzene rings is 4. The number of hydrogen-bond acceptors (Lipinski definition) is 0. The molecule has 2 aliphatic rings. The van der Waals surface area contributed by atoms with Crippen LogP contribution in [0.2, 0.25) is 13.1 Å². The van der Waals surface area contributed by atoms with E-state index in [1.807, 2.05) is 24.3 Å². The zero-order chi connectivity index (χ0) is 34.1.